The number of aromatic carboxylic acids is 1. The number of benzene rings is 1. The van der Waals surface area contributed by atoms with Gasteiger partial charge in [-0.25, -0.2) is 13.2 Å². The summed E-state index contributed by atoms with van der Waals surface area (Å²) < 4.78 is 26.4. The predicted molar refractivity (Wildman–Crippen MR) is 78.9 cm³/mol. The van der Waals surface area contributed by atoms with Crippen molar-refractivity contribution in [2.24, 2.45) is 0 Å². The van der Waals surface area contributed by atoms with Crippen LogP contribution >= 0.6 is 11.6 Å². The van der Waals surface area contributed by atoms with Gasteiger partial charge in [-0.2, -0.15) is 0 Å². The van der Waals surface area contributed by atoms with Crippen molar-refractivity contribution in [1.82, 2.24) is 4.98 Å². The summed E-state index contributed by atoms with van der Waals surface area (Å²) >= 11 is 5.86. The quantitative estimate of drug-likeness (QED) is 0.879. The smallest absolute Gasteiger partial charge is 0.335 e. The molecule has 1 aromatic carbocycles. The van der Waals surface area contributed by atoms with Crippen molar-refractivity contribution in [1.29, 1.82) is 0 Å². The SMILES string of the molecule is O=C(O)c1cccc(CS(=O)(=O)Nc2cnccc2Cl)c1. The van der Waals surface area contributed by atoms with Crippen molar-refractivity contribution >= 4 is 33.3 Å². The van der Waals surface area contributed by atoms with Crippen LogP contribution in [0.25, 0.3) is 0 Å². The number of nitrogens with one attached hydrogen (secondary N) is 1. The van der Waals surface area contributed by atoms with E-state index in [-0.39, 0.29) is 22.0 Å². The molecule has 0 atom stereocenters. The van der Waals surface area contributed by atoms with Gasteiger partial charge in [0.15, 0.2) is 0 Å². The largest absolute Gasteiger partial charge is 0.478 e. The fourth-order valence-electron chi connectivity index (χ4n) is 1.67. The van der Waals surface area contributed by atoms with Gasteiger partial charge in [-0.3, -0.25) is 9.71 Å². The number of pyridine rings is 1. The summed E-state index contributed by atoms with van der Waals surface area (Å²) in [6, 6.07) is 7.20. The molecule has 6 nitrogen and oxygen atoms in total. The first-order valence-electron chi connectivity index (χ1n) is 5.79. The van der Waals surface area contributed by atoms with Gasteiger partial charge in [-0.1, -0.05) is 23.7 Å². The van der Waals surface area contributed by atoms with E-state index in [4.69, 9.17) is 16.7 Å². The molecule has 21 heavy (non-hydrogen) atoms. The lowest BCUT2D eigenvalue weighted by Gasteiger charge is -2.09. The first-order chi connectivity index (χ1) is 9.87. The molecule has 0 aliphatic rings. The molecular weight excluding hydrogens is 316 g/mol. The van der Waals surface area contributed by atoms with Crippen molar-refractivity contribution < 1.29 is 18.3 Å². The molecule has 0 fully saturated rings. The molecule has 0 saturated carbocycles. The van der Waals surface area contributed by atoms with Crippen molar-refractivity contribution in [2.45, 2.75) is 5.75 Å². The van der Waals surface area contributed by atoms with E-state index >= 15 is 0 Å². The van der Waals surface area contributed by atoms with E-state index in [0.29, 0.717) is 5.56 Å². The topological polar surface area (TPSA) is 96.4 Å². The summed E-state index contributed by atoms with van der Waals surface area (Å²) in [5.41, 5.74) is 0.568. The van der Waals surface area contributed by atoms with Crippen LogP contribution in [-0.2, 0) is 15.8 Å². The van der Waals surface area contributed by atoms with Gasteiger partial charge in [0.25, 0.3) is 0 Å². The Morgan fingerprint density at radius 3 is 2.76 bits per heavy atom. The predicted octanol–water partition coefficient (Wildman–Crippen LogP) is 2.38. The van der Waals surface area contributed by atoms with E-state index in [1.807, 2.05) is 0 Å². The summed E-state index contributed by atoms with van der Waals surface area (Å²) in [5, 5.41) is 9.12. The summed E-state index contributed by atoms with van der Waals surface area (Å²) in [6.07, 6.45) is 2.74. The van der Waals surface area contributed by atoms with Crippen LogP contribution in [0.4, 0.5) is 5.69 Å². The minimum Gasteiger partial charge on any atom is -0.478 e. The van der Waals surface area contributed by atoms with Crippen LogP contribution in [0.1, 0.15) is 15.9 Å². The van der Waals surface area contributed by atoms with Gasteiger partial charge in [-0.15, -0.1) is 0 Å². The molecule has 0 saturated heterocycles. The monoisotopic (exact) mass is 326 g/mol. The zero-order chi connectivity index (χ0) is 15.5. The number of anilines is 1. The average Bonchev–Trinajstić information content (AvgIpc) is 2.41. The molecule has 0 unspecified atom stereocenters. The lowest BCUT2D eigenvalue weighted by molar-refractivity contribution is 0.0696. The number of carboxylic acid groups (broad SMARTS) is 1. The van der Waals surface area contributed by atoms with Crippen LogP contribution in [0.15, 0.2) is 42.7 Å². The maximum Gasteiger partial charge on any atom is 0.335 e. The molecular formula is C13H11ClN2O4S. The van der Waals surface area contributed by atoms with Crippen LogP contribution in [0.2, 0.25) is 5.02 Å². The molecule has 0 aliphatic heterocycles. The van der Waals surface area contributed by atoms with Crippen molar-refractivity contribution in [3.05, 3.63) is 58.9 Å². The Bertz CT molecular complexity index is 777. The molecule has 0 radical (unpaired) electrons. The molecule has 1 aromatic heterocycles. The van der Waals surface area contributed by atoms with E-state index < -0.39 is 16.0 Å². The number of hydrogen-bond acceptors (Lipinski definition) is 4. The number of rotatable bonds is 5. The van der Waals surface area contributed by atoms with Gasteiger partial charge in [0.1, 0.15) is 0 Å². The van der Waals surface area contributed by atoms with Gasteiger partial charge in [0, 0.05) is 6.20 Å². The number of nitrogens with zero attached hydrogens (tertiary/aromatic N) is 1. The molecule has 0 spiro atoms. The highest BCUT2D eigenvalue weighted by atomic mass is 35.5. The lowest BCUT2D eigenvalue weighted by Crippen LogP contribution is -2.15. The van der Waals surface area contributed by atoms with Gasteiger partial charge >= 0.3 is 5.97 Å². The Morgan fingerprint density at radius 1 is 1.33 bits per heavy atom. The van der Waals surface area contributed by atoms with Crippen LogP contribution < -0.4 is 4.72 Å². The van der Waals surface area contributed by atoms with Crippen LogP contribution in [0.3, 0.4) is 0 Å². The van der Waals surface area contributed by atoms with E-state index in [1.54, 1.807) is 0 Å². The van der Waals surface area contributed by atoms with Crippen LogP contribution in [0.5, 0.6) is 0 Å². The zero-order valence-corrected chi connectivity index (χ0v) is 12.2. The molecule has 1 heterocycles. The van der Waals surface area contributed by atoms with E-state index in [9.17, 15) is 13.2 Å². The van der Waals surface area contributed by atoms with E-state index in [2.05, 4.69) is 9.71 Å². The zero-order valence-electron chi connectivity index (χ0n) is 10.7. The third-order valence-corrected chi connectivity index (χ3v) is 4.14. The second-order valence-corrected chi connectivity index (χ2v) is 6.35. The van der Waals surface area contributed by atoms with Crippen molar-refractivity contribution in [3.63, 3.8) is 0 Å². The molecule has 110 valence electrons. The van der Waals surface area contributed by atoms with Gasteiger partial charge in [0.05, 0.1) is 28.2 Å². The third-order valence-electron chi connectivity index (χ3n) is 2.56. The second kappa shape index (κ2) is 6.11. The van der Waals surface area contributed by atoms with Crippen molar-refractivity contribution in [3.8, 4) is 0 Å². The Morgan fingerprint density at radius 2 is 2.10 bits per heavy atom. The third kappa shape index (κ3) is 4.17. The fraction of sp³-hybridized carbons (Fsp3) is 0.0769. The summed E-state index contributed by atoms with van der Waals surface area (Å²) in [7, 11) is -3.72. The van der Waals surface area contributed by atoms with Gasteiger partial charge in [0.2, 0.25) is 10.0 Å². The average molecular weight is 327 g/mol. The van der Waals surface area contributed by atoms with Crippen LogP contribution in [0, 0.1) is 0 Å². The first kappa shape index (κ1) is 15.3. The van der Waals surface area contributed by atoms with E-state index in [0.717, 1.165) is 0 Å². The highest BCUT2D eigenvalue weighted by Gasteiger charge is 2.15. The standard InChI is InChI=1S/C13H11ClN2O4S/c14-11-4-5-15-7-12(11)16-21(19,20)8-9-2-1-3-10(6-9)13(17)18/h1-7,16H,8H2,(H,17,18). The van der Waals surface area contributed by atoms with Gasteiger partial charge < -0.3 is 5.11 Å². The Kier molecular flexibility index (Phi) is 4.44. The molecule has 2 rings (SSSR count). The summed E-state index contributed by atoms with van der Waals surface area (Å²) in [4.78, 5) is 14.6. The number of sulfonamides is 1. The second-order valence-electron chi connectivity index (χ2n) is 4.22. The maximum atomic E-state index is 12.1. The summed E-state index contributed by atoms with van der Waals surface area (Å²) in [5.74, 6) is -1.48. The number of aromatic nitrogens is 1. The molecule has 2 aromatic rings. The molecule has 2 N–H and O–H groups in total. The number of carboxylic acids is 1. The lowest BCUT2D eigenvalue weighted by atomic mass is 10.1. The van der Waals surface area contributed by atoms with Crippen LogP contribution in [-0.4, -0.2) is 24.5 Å². The first-order valence-corrected chi connectivity index (χ1v) is 7.83. The molecule has 0 bridgehead atoms. The normalized spacial score (nSPS) is 11.1. The Labute approximate surface area is 126 Å². The highest BCUT2D eigenvalue weighted by molar-refractivity contribution is 7.91. The number of hydrogen-bond donors (Lipinski definition) is 2. The van der Waals surface area contributed by atoms with Gasteiger partial charge in [-0.05, 0) is 23.8 Å². The van der Waals surface area contributed by atoms with E-state index in [1.165, 1.54) is 42.7 Å². The Hall–Kier alpha value is -2.12. The van der Waals surface area contributed by atoms with Crippen molar-refractivity contribution in [2.75, 3.05) is 4.72 Å². The fourth-order valence-corrected chi connectivity index (χ4v) is 3.07. The molecule has 0 amide bonds. The summed E-state index contributed by atoms with van der Waals surface area (Å²) in [6.45, 7) is 0. The highest BCUT2D eigenvalue weighted by Crippen LogP contribution is 2.21. The maximum absolute atomic E-state index is 12.1. The Balaban J connectivity index is 2.20. The number of carbonyl (C=O) groups is 1. The molecule has 0 aliphatic carbocycles. The number of halogens is 1. The minimum atomic E-state index is -3.72. The minimum absolute atomic E-state index is 0.0297. The molecule has 8 heteroatoms.